The largest absolute Gasteiger partial charge is 0.496 e. The zero-order valence-electron chi connectivity index (χ0n) is 17.5. The van der Waals surface area contributed by atoms with E-state index in [2.05, 4.69) is 53.6 Å². The minimum Gasteiger partial charge on any atom is -0.496 e. The topological polar surface area (TPSA) is 58.1 Å². The smallest absolute Gasteiger partial charge is 0.191 e. The molecule has 0 bridgehead atoms. The second-order valence-corrected chi connectivity index (χ2v) is 6.40. The molecule has 0 atom stereocenters. The number of nitrogens with one attached hydrogen (secondary N) is 2. The third-order valence-electron chi connectivity index (χ3n) is 4.11. The normalized spacial score (nSPS) is 11.3. The van der Waals surface area contributed by atoms with Crippen LogP contribution in [0.5, 0.6) is 5.75 Å². The Kier molecular flexibility index (Phi) is 15.3. The van der Waals surface area contributed by atoms with Crippen LogP contribution in [0, 0.1) is 6.92 Å². The Bertz CT molecular complexity index is 541. The summed E-state index contributed by atoms with van der Waals surface area (Å²) in [4.78, 5) is 6.94. The fourth-order valence-corrected chi connectivity index (χ4v) is 2.68. The number of benzene rings is 1. The van der Waals surface area contributed by atoms with E-state index in [0.717, 1.165) is 63.9 Å². The third-order valence-corrected chi connectivity index (χ3v) is 4.11. The fraction of sp³-hybridized carbons (Fsp3) is 0.650. The van der Waals surface area contributed by atoms with E-state index in [-0.39, 0.29) is 24.0 Å². The Balaban J connectivity index is 0.00000676. The molecule has 0 aliphatic heterocycles. The molecule has 0 aliphatic rings. The molecule has 0 unspecified atom stereocenters. The van der Waals surface area contributed by atoms with Gasteiger partial charge in [-0.25, -0.2) is 0 Å². The van der Waals surface area contributed by atoms with Gasteiger partial charge in [0.1, 0.15) is 5.75 Å². The summed E-state index contributed by atoms with van der Waals surface area (Å²) in [7, 11) is 5.58. The Morgan fingerprint density at radius 1 is 1.19 bits per heavy atom. The molecule has 27 heavy (non-hydrogen) atoms. The first-order chi connectivity index (χ1) is 12.6. The zero-order valence-corrected chi connectivity index (χ0v) is 19.8. The minimum atomic E-state index is 0. The number of aryl methyl sites for hydroxylation is 1. The molecule has 0 spiro atoms. The van der Waals surface area contributed by atoms with Crippen LogP contribution in [0.2, 0.25) is 0 Å². The SMILES string of the molecule is CCNC(=NCCN(C)CCCOC)NCCc1cc(C)ccc1OC.I. The number of rotatable bonds is 12. The highest BCUT2D eigenvalue weighted by atomic mass is 127. The van der Waals surface area contributed by atoms with Crippen molar-refractivity contribution < 1.29 is 9.47 Å². The van der Waals surface area contributed by atoms with Crippen molar-refractivity contribution in [1.82, 2.24) is 15.5 Å². The van der Waals surface area contributed by atoms with E-state index in [9.17, 15) is 0 Å². The Hall–Kier alpha value is -1.06. The monoisotopic (exact) mass is 492 g/mol. The Morgan fingerprint density at radius 2 is 1.96 bits per heavy atom. The van der Waals surface area contributed by atoms with Crippen LogP contribution < -0.4 is 15.4 Å². The number of ether oxygens (including phenoxy) is 2. The fourth-order valence-electron chi connectivity index (χ4n) is 2.68. The maximum Gasteiger partial charge on any atom is 0.191 e. The molecule has 2 N–H and O–H groups in total. The molecule has 6 nitrogen and oxygen atoms in total. The summed E-state index contributed by atoms with van der Waals surface area (Å²) in [6.07, 6.45) is 1.94. The van der Waals surface area contributed by atoms with Crippen LogP contribution in [-0.4, -0.2) is 71.5 Å². The van der Waals surface area contributed by atoms with E-state index >= 15 is 0 Å². The summed E-state index contributed by atoms with van der Waals surface area (Å²) in [6.45, 7) is 9.39. The van der Waals surface area contributed by atoms with Gasteiger partial charge in [-0.1, -0.05) is 17.7 Å². The lowest BCUT2D eigenvalue weighted by atomic mass is 10.1. The number of aliphatic imine (C=N–C) groups is 1. The van der Waals surface area contributed by atoms with Crippen LogP contribution in [0.4, 0.5) is 0 Å². The lowest BCUT2D eigenvalue weighted by molar-refractivity contribution is 0.180. The minimum absolute atomic E-state index is 0. The van der Waals surface area contributed by atoms with Crippen LogP contribution in [0.3, 0.4) is 0 Å². The second kappa shape index (κ2) is 15.9. The summed E-state index contributed by atoms with van der Waals surface area (Å²) in [5.74, 6) is 1.81. The standard InChI is InChI=1S/C20H36N4O2.HI/c1-6-21-20(23-12-14-24(3)13-7-15-25-4)22-11-10-18-16-17(2)8-9-19(18)26-5;/h8-9,16H,6-7,10-15H2,1-5H3,(H2,21,22,23);1H. The molecular formula is C20H37IN4O2. The van der Waals surface area contributed by atoms with Gasteiger partial charge in [0.2, 0.25) is 0 Å². The Labute approximate surface area is 182 Å². The number of guanidine groups is 1. The van der Waals surface area contributed by atoms with Gasteiger partial charge in [0.25, 0.3) is 0 Å². The van der Waals surface area contributed by atoms with Crippen molar-refractivity contribution in [3.63, 3.8) is 0 Å². The first-order valence-electron chi connectivity index (χ1n) is 9.43. The van der Waals surface area contributed by atoms with E-state index in [4.69, 9.17) is 9.47 Å². The van der Waals surface area contributed by atoms with E-state index in [0.29, 0.717) is 0 Å². The maximum atomic E-state index is 5.45. The van der Waals surface area contributed by atoms with Crippen molar-refractivity contribution in [3.05, 3.63) is 29.3 Å². The number of likely N-dealkylation sites (N-methyl/N-ethyl adjacent to an activating group) is 1. The van der Waals surface area contributed by atoms with Gasteiger partial charge in [-0.15, -0.1) is 24.0 Å². The first-order valence-corrected chi connectivity index (χ1v) is 9.43. The van der Waals surface area contributed by atoms with Crippen molar-refractivity contribution in [3.8, 4) is 5.75 Å². The summed E-state index contributed by atoms with van der Waals surface area (Å²) >= 11 is 0. The van der Waals surface area contributed by atoms with Crippen LogP contribution in [0.15, 0.2) is 23.2 Å². The lowest BCUT2D eigenvalue weighted by Gasteiger charge is -2.16. The molecule has 0 saturated heterocycles. The van der Waals surface area contributed by atoms with Crippen molar-refractivity contribution >= 4 is 29.9 Å². The van der Waals surface area contributed by atoms with Crippen LogP contribution in [0.25, 0.3) is 0 Å². The molecular weight excluding hydrogens is 455 g/mol. The first kappa shape index (κ1) is 25.9. The van der Waals surface area contributed by atoms with Crippen LogP contribution in [0.1, 0.15) is 24.5 Å². The van der Waals surface area contributed by atoms with Gasteiger partial charge >= 0.3 is 0 Å². The van der Waals surface area contributed by atoms with Gasteiger partial charge in [0.05, 0.1) is 13.7 Å². The molecule has 0 aromatic heterocycles. The van der Waals surface area contributed by atoms with Gasteiger partial charge in [-0.05, 0) is 45.4 Å². The van der Waals surface area contributed by atoms with E-state index in [1.54, 1.807) is 14.2 Å². The third kappa shape index (κ3) is 11.4. The highest BCUT2D eigenvalue weighted by molar-refractivity contribution is 14.0. The van der Waals surface area contributed by atoms with Gasteiger partial charge in [0.15, 0.2) is 5.96 Å². The van der Waals surface area contributed by atoms with Gasteiger partial charge < -0.3 is 25.0 Å². The van der Waals surface area contributed by atoms with Crippen molar-refractivity contribution in [2.24, 2.45) is 4.99 Å². The van der Waals surface area contributed by atoms with E-state index < -0.39 is 0 Å². The quantitative estimate of drug-likeness (QED) is 0.204. The van der Waals surface area contributed by atoms with Crippen LogP contribution >= 0.6 is 24.0 Å². The van der Waals surface area contributed by atoms with Crippen molar-refractivity contribution in [2.75, 3.05) is 60.6 Å². The number of hydrogen-bond acceptors (Lipinski definition) is 4. The zero-order chi connectivity index (χ0) is 19.2. The van der Waals surface area contributed by atoms with E-state index in [1.165, 1.54) is 11.1 Å². The number of methoxy groups -OCH3 is 2. The molecule has 7 heteroatoms. The molecule has 0 amide bonds. The molecule has 0 radical (unpaired) electrons. The lowest BCUT2D eigenvalue weighted by Crippen LogP contribution is -2.39. The molecule has 0 fully saturated rings. The summed E-state index contributed by atoms with van der Waals surface area (Å²) in [5.41, 5.74) is 2.46. The Morgan fingerprint density at radius 3 is 2.63 bits per heavy atom. The summed E-state index contributed by atoms with van der Waals surface area (Å²) in [6, 6.07) is 6.29. The molecule has 0 saturated carbocycles. The number of nitrogens with zero attached hydrogens (tertiary/aromatic N) is 2. The average Bonchev–Trinajstić information content (AvgIpc) is 2.62. The van der Waals surface area contributed by atoms with Crippen molar-refractivity contribution in [2.45, 2.75) is 26.7 Å². The second-order valence-electron chi connectivity index (χ2n) is 6.40. The van der Waals surface area contributed by atoms with Gasteiger partial charge in [-0.2, -0.15) is 0 Å². The highest BCUT2D eigenvalue weighted by Gasteiger charge is 2.04. The van der Waals surface area contributed by atoms with E-state index in [1.807, 2.05) is 6.07 Å². The maximum absolute atomic E-state index is 5.45. The summed E-state index contributed by atoms with van der Waals surface area (Å²) < 4.78 is 10.5. The molecule has 156 valence electrons. The molecule has 1 rings (SSSR count). The molecule has 0 heterocycles. The predicted molar refractivity (Wildman–Crippen MR) is 125 cm³/mol. The molecule has 1 aromatic rings. The summed E-state index contributed by atoms with van der Waals surface area (Å²) in [5, 5.41) is 6.71. The predicted octanol–water partition coefficient (Wildman–Crippen LogP) is 2.69. The number of hydrogen-bond donors (Lipinski definition) is 2. The number of halogens is 1. The van der Waals surface area contributed by atoms with Gasteiger partial charge in [-0.3, -0.25) is 4.99 Å². The molecule has 0 aliphatic carbocycles. The molecule has 1 aromatic carbocycles. The van der Waals surface area contributed by atoms with Gasteiger partial charge in [0, 0.05) is 39.9 Å². The van der Waals surface area contributed by atoms with Crippen molar-refractivity contribution in [1.29, 1.82) is 0 Å². The highest BCUT2D eigenvalue weighted by Crippen LogP contribution is 2.19. The van der Waals surface area contributed by atoms with Crippen LogP contribution in [-0.2, 0) is 11.2 Å². The average molecular weight is 492 g/mol.